The highest BCUT2D eigenvalue weighted by atomic mass is 16.5. The highest BCUT2D eigenvalue weighted by Gasteiger charge is 2.13. The summed E-state index contributed by atoms with van der Waals surface area (Å²) in [4.78, 5) is 24.0. The third kappa shape index (κ3) is 3.73. The molecule has 2 aromatic rings. The molecule has 126 valence electrons. The van der Waals surface area contributed by atoms with Crippen molar-refractivity contribution in [2.45, 2.75) is 6.92 Å². The SMILES string of the molecule is CCN(CCN(C)C)c1nc2cc(OC)c(OC)cc2c(=O)[nH]1. The van der Waals surface area contributed by atoms with Crippen molar-refractivity contribution in [2.24, 2.45) is 0 Å². The number of ether oxygens (including phenoxy) is 2. The summed E-state index contributed by atoms with van der Waals surface area (Å²) in [6.45, 7) is 4.46. The standard InChI is InChI=1S/C16H24N4O3/c1-6-20(8-7-19(2)3)16-17-12-10-14(23-5)13(22-4)9-11(12)15(21)18-16/h9-10H,6-8H2,1-5H3,(H,17,18,21). The van der Waals surface area contributed by atoms with E-state index < -0.39 is 0 Å². The topological polar surface area (TPSA) is 70.7 Å². The van der Waals surface area contributed by atoms with Crippen LogP contribution < -0.4 is 19.9 Å². The zero-order chi connectivity index (χ0) is 17.0. The first-order valence-electron chi connectivity index (χ1n) is 7.55. The van der Waals surface area contributed by atoms with E-state index in [9.17, 15) is 4.79 Å². The lowest BCUT2D eigenvalue weighted by Gasteiger charge is -2.23. The van der Waals surface area contributed by atoms with Crippen LogP contribution in [0.5, 0.6) is 11.5 Å². The molecular formula is C16H24N4O3. The fourth-order valence-electron chi connectivity index (χ4n) is 2.34. The van der Waals surface area contributed by atoms with Gasteiger partial charge in [0.1, 0.15) is 0 Å². The third-order valence-corrected chi connectivity index (χ3v) is 3.70. The van der Waals surface area contributed by atoms with Gasteiger partial charge < -0.3 is 19.3 Å². The van der Waals surface area contributed by atoms with Crippen molar-refractivity contribution >= 4 is 16.9 Å². The van der Waals surface area contributed by atoms with Gasteiger partial charge in [-0.05, 0) is 27.1 Å². The number of aromatic amines is 1. The molecule has 1 aromatic heterocycles. The predicted molar refractivity (Wildman–Crippen MR) is 91.9 cm³/mol. The fourth-order valence-corrected chi connectivity index (χ4v) is 2.34. The largest absolute Gasteiger partial charge is 0.493 e. The minimum Gasteiger partial charge on any atom is -0.493 e. The number of rotatable bonds is 7. The number of aromatic nitrogens is 2. The summed E-state index contributed by atoms with van der Waals surface area (Å²) in [6.07, 6.45) is 0. The van der Waals surface area contributed by atoms with Crippen LogP contribution in [0.3, 0.4) is 0 Å². The highest BCUT2D eigenvalue weighted by Crippen LogP contribution is 2.30. The van der Waals surface area contributed by atoms with E-state index in [1.54, 1.807) is 26.4 Å². The quantitative estimate of drug-likeness (QED) is 0.830. The number of methoxy groups -OCH3 is 2. The first-order valence-corrected chi connectivity index (χ1v) is 7.55. The zero-order valence-electron chi connectivity index (χ0n) is 14.3. The van der Waals surface area contributed by atoms with Crippen molar-refractivity contribution in [1.82, 2.24) is 14.9 Å². The normalized spacial score (nSPS) is 11.0. The van der Waals surface area contributed by atoms with Gasteiger partial charge in [0, 0.05) is 25.7 Å². The Morgan fingerprint density at radius 2 is 1.78 bits per heavy atom. The van der Waals surface area contributed by atoms with Crippen LogP contribution in [0.2, 0.25) is 0 Å². The van der Waals surface area contributed by atoms with Crippen molar-refractivity contribution in [2.75, 3.05) is 52.8 Å². The maximum absolute atomic E-state index is 12.4. The number of hydrogen-bond donors (Lipinski definition) is 1. The zero-order valence-corrected chi connectivity index (χ0v) is 14.3. The lowest BCUT2D eigenvalue weighted by molar-refractivity contribution is 0.355. The van der Waals surface area contributed by atoms with Gasteiger partial charge in [0.05, 0.1) is 25.1 Å². The van der Waals surface area contributed by atoms with Gasteiger partial charge in [-0.3, -0.25) is 9.78 Å². The van der Waals surface area contributed by atoms with Gasteiger partial charge in [-0.2, -0.15) is 0 Å². The second-order valence-corrected chi connectivity index (χ2v) is 5.50. The molecule has 0 bridgehead atoms. The molecule has 23 heavy (non-hydrogen) atoms. The summed E-state index contributed by atoms with van der Waals surface area (Å²) < 4.78 is 10.5. The van der Waals surface area contributed by atoms with Crippen molar-refractivity contribution in [3.05, 3.63) is 22.5 Å². The third-order valence-electron chi connectivity index (χ3n) is 3.70. The van der Waals surface area contributed by atoms with Crippen molar-refractivity contribution in [3.63, 3.8) is 0 Å². The summed E-state index contributed by atoms with van der Waals surface area (Å²) in [6, 6.07) is 3.38. The van der Waals surface area contributed by atoms with E-state index in [1.807, 2.05) is 25.9 Å². The Kier molecular flexibility index (Phi) is 5.44. The molecule has 0 spiro atoms. The van der Waals surface area contributed by atoms with Crippen LogP contribution in [0.15, 0.2) is 16.9 Å². The Labute approximate surface area is 135 Å². The summed E-state index contributed by atoms with van der Waals surface area (Å²) >= 11 is 0. The average Bonchev–Trinajstić information content (AvgIpc) is 2.54. The molecule has 0 aliphatic heterocycles. The number of nitrogens with one attached hydrogen (secondary N) is 1. The molecule has 2 rings (SSSR count). The van der Waals surface area contributed by atoms with Gasteiger partial charge in [-0.1, -0.05) is 0 Å². The van der Waals surface area contributed by atoms with E-state index in [4.69, 9.17) is 9.47 Å². The van der Waals surface area contributed by atoms with Gasteiger partial charge >= 0.3 is 0 Å². The van der Waals surface area contributed by atoms with Crippen LogP contribution in [-0.4, -0.2) is 62.8 Å². The van der Waals surface area contributed by atoms with Crippen LogP contribution in [0.1, 0.15) is 6.92 Å². The van der Waals surface area contributed by atoms with E-state index in [0.717, 1.165) is 19.6 Å². The molecule has 0 atom stereocenters. The fraction of sp³-hybridized carbons (Fsp3) is 0.500. The molecule has 0 fully saturated rings. The number of anilines is 1. The predicted octanol–water partition coefficient (Wildman–Crippen LogP) is 1.33. The Morgan fingerprint density at radius 1 is 1.13 bits per heavy atom. The van der Waals surface area contributed by atoms with Crippen LogP contribution in [-0.2, 0) is 0 Å². The molecule has 0 aliphatic rings. The van der Waals surface area contributed by atoms with Crippen molar-refractivity contribution in [3.8, 4) is 11.5 Å². The summed E-state index contributed by atoms with van der Waals surface area (Å²) in [5.74, 6) is 1.64. The Bertz CT molecular complexity index is 727. The molecule has 1 heterocycles. The molecule has 7 heteroatoms. The Hall–Kier alpha value is -2.28. The second-order valence-electron chi connectivity index (χ2n) is 5.50. The van der Waals surface area contributed by atoms with Crippen molar-refractivity contribution < 1.29 is 9.47 Å². The molecule has 0 aliphatic carbocycles. The lowest BCUT2D eigenvalue weighted by atomic mass is 10.2. The number of H-pyrrole nitrogens is 1. The van der Waals surface area contributed by atoms with Crippen LogP contribution in [0.4, 0.5) is 5.95 Å². The monoisotopic (exact) mass is 320 g/mol. The number of fused-ring (bicyclic) bond motifs is 1. The number of nitrogens with zero attached hydrogens (tertiary/aromatic N) is 3. The molecule has 7 nitrogen and oxygen atoms in total. The molecule has 0 unspecified atom stereocenters. The van der Waals surface area contributed by atoms with Gasteiger partial charge in [0.2, 0.25) is 5.95 Å². The molecular weight excluding hydrogens is 296 g/mol. The minimum absolute atomic E-state index is 0.186. The first-order chi connectivity index (χ1) is 11.0. The minimum atomic E-state index is -0.186. The second kappa shape index (κ2) is 7.32. The van der Waals surface area contributed by atoms with Gasteiger partial charge in [-0.15, -0.1) is 0 Å². The number of hydrogen-bond acceptors (Lipinski definition) is 6. The molecule has 0 saturated heterocycles. The van der Waals surface area contributed by atoms with Crippen molar-refractivity contribution in [1.29, 1.82) is 0 Å². The van der Waals surface area contributed by atoms with Gasteiger partial charge in [-0.25, -0.2) is 4.98 Å². The van der Waals surface area contributed by atoms with Crippen LogP contribution in [0.25, 0.3) is 10.9 Å². The highest BCUT2D eigenvalue weighted by molar-refractivity contribution is 5.82. The van der Waals surface area contributed by atoms with E-state index >= 15 is 0 Å². The molecule has 0 amide bonds. The summed E-state index contributed by atoms with van der Waals surface area (Å²) in [5.41, 5.74) is 0.402. The van der Waals surface area contributed by atoms with E-state index in [0.29, 0.717) is 28.4 Å². The van der Waals surface area contributed by atoms with Crippen LogP contribution >= 0.6 is 0 Å². The number of likely N-dealkylation sites (N-methyl/N-ethyl adjacent to an activating group) is 2. The Morgan fingerprint density at radius 3 is 2.35 bits per heavy atom. The average molecular weight is 320 g/mol. The van der Waals surface area contributed by atoms with Crippen LogP contribution in [0, 0.1) is 0 Å². The first kappa shape index (κ1) is 17.1. The number of benzene rings is 1. The molecule has 1 N–H and O–H groups in total. The summed E-state index contributed by atoms with van der Waals surface area (Å²) in [5, 5.41) is 0.482. The van der Waals surface area contributed by atoms with E-state index in [1.165, 1.54) is 0 Å². The Balaban J connectivity index is 2.49. The lowest BCUT2D eigenvalue weighted by Crippen LogP contribution is -2.33. The molecule has 0 radical (unpaired) electrons. The summed E-state index contributed by atoms with van der Waals surface area (Å²) in [7, 11) is 7.13. The van der Waals surface area contributed by atoms with E-state index in [2.05, 4.69) is 14.9 Å². The van der Waals surface area contributed by atoms with E-state index in [-0.39, 0.29) is 5.56 Å². The molecule has 1 aromatic carbocycles. The maximum Gasteiger partial charge on any atom is 0.260 e. The maximum atomic E-state index is 12.4. The molecule has 0 saturated carbocycles. The smallest absolute Gasteiger partial charge is 0.260 e. The van der Waals surface area contributed by atoms with Gasteiger partial charge in [0.25, 0.3) is 5.56 Å². The van der Waals surface area contributed by atoms with Gasteiger partial charge in [0.15, 0.2) is 11.5 Å².